The molecule has 0 aromatic heterocycles. The van der Waals surface area contributed by atoms with Crippen molar-refractivity contribution in [3.8, 4) is 17.2 Å². The molecule has 0 radical (unpaired) electrons. The van der Waals surface area contributed by atoms with Gasteiger partial charge in [-0.2, -0.15) is 5.26 Å². The summed E-state index contributed by atoms with van der Waals surface area (Å²) in [6.45, 7) is 4.20. The molecule has 128 valence electrons. The number of hydrogen-bond acceptors (Lipinski definition) is 3. The van der Waals surface area contributed by atoms with Crippen molar-refractivity contribution in [2.45, 2.75) is 51.6 Å². The number of rotatable bonds is 6. The molecule has 0 saturated heterocycles. The lowest BCUT2D eigenvalue weighted by Crippen LogP contribution is -2.25. The van der Waals surface area contributed by atoms with Gasteiger partial charge in [-0.05, 0) is 48.1 Å². The first-order chi connectivity index (χ1) is 12.1. The highest BCUT2D eigenvalue weighted by molar-refractivity contribution is 5.95. The van der Waals surface area contributed by atoms with E-state index in [1.807, 2.05) is 12.1 Å². The van der Waals surface area contributed by atoms with Crippen molar-refractivity contribution in [2.75, 3.05) is 0 Å². The second-order valence-electron chi connectivity index (χ2n) is 6.60. The fourth-order valence-electron chi connectivity index (χ4n) is 3.66. The summed E-state index contributed by atoms with van der Waals surface area (Å²) in [5, 5.41) is 8.70. The molecule has 0 saturated carbocycles. The summed E-state index contributed by atoms with van der Waals surface area (Å²) >= 11 is 0. The number of benzene rings is 2. The normalized spacial score (nSPS) is 18.5. The molecule has 2 aromatic carbocycles. The van der Waals surface area contributed by atoms with Crippen LogP contribution in [0, 0.1) is 11.3 Å². The molecule has 1 atom stereocenters. The Morgan fingerprint density at radius 1 is 1.08 bits per heavy atom. The Morgan fingerprint density at radius 3 is 2.44 bits per heavy atom. The van der Waals surface area contributed by atoms with Crippen LogP contribution >= 0.6 is 0 Å². The highest BCUT2D eigenvalue weighted by Gasteiger charge is 2.43. The first-order valence-electron chi connectivity index (χ1n) is 8.97. The van der Waals surface area contributed by atoms with E-state index in [4.69, 9.17) is 10.00 Å². The topological polar surface area (TPSA) is 50.1 Å². The minimum absolute atomic E-state index is 0.205. The van der Waals surface area contributed by atoms with E-state index in [9.17, 15) is 4.79 Å². The van der Waals surface area contributed by atoms with Gasteiger partial charge in [-0.15, -0.1) is 0 Å². The number of carbonyl (C=O) groups is 1. The summed E-state index contributed by atoms with van der Waals surface area (Å²) in [6.07, 6.45) is 3.92. The van der Waals surface area contributed by atoms with Crippen LogP contribution in [-0.2, 0) is 16.8 Å². The molecule has 3 heteroatoms. The van der Waals surface area contributed by atoms with Gasteiger partial charge in [-0.3, -0.25) is 0 Å². The number of hydrogen-bond donors (Lipinski definition) is 0. The molecule has 1 aliphatic rings. The summed E-state index contributed by atoms with van der Waals surface area (Å²) in [6, 6.07) is 16.5. The summed E-state index contributed by atoms with van der Waals surface area (Å²) in [5.74, 6) is -0.205. The standard InChI is InChI=1S/C22H23NO2/c1-3-13-22(4-2)20-15-18(11-12-19(20)21(24)25-22)17-9-7-16(8-10-17)6-5-14-23/h7-12,15H,3-6,13H2,1-2H3. The predicted octanol–water partition coefficient (Wildman–Crippen LogP) is 5.39. The Morgan fingerprint density at radius 2 is 1.80 bits per heavy atom. The van der Waals surface area contributed by atoms with Crippen molar-refractivity contribution in [1.29, 1.82) is 5.26 Å². The Balaban J connectivity index is 1.97. The second kappa shape index (κ2) is 7.11. The van der Waals surface area contributed by atoms with Crippen molar-refractivity contribution in [2.24, 2.45) is 0 Å². The predicted molar refractivity (Wildman–Crippen MR) is 98.1 cm³/mol. The molecular weight excluding hydrogens is 310 g/mol. The lowest BCUT2D eigenvalue weighted by molar-refractivity contribution is -0.0154. The Hall–Kier alpha value is -2.60. The fraction of sp³-hybridized carbons (Fsp3) is 0.364. The average molecular weight is 333 g/mol. The lowest BCUT2D eigenvalue weighted by atomic mass is 9.84. The zero-order chi connectivity index (χ0) is 17.9. The first-order valence-corrected chi connectivity index (χ1v) is 8.97. The van der Waals surface area contributed by atoms with Crippen LogP contribution in [0.4, 0.5) is 0 Å². The van der Waals surface area contributed by atoms with E-state index < -0.39 is 5.60 Å². The van der Waals surface area contributed by atoms with Crippen molar-refractivity contribution in [3.05, 3.63) is 59.2 Å². The molecule has 0 N–H and O–H groups in total. The quantitative estimate of drug-likeness (QED) is 0.666. The Kier molecular flexibility index (Phi) is 4.90. The van der Waals surface area contributed by atoms with Gasteiger partial charge in [0.15, 0.2) is 0 Å². The molecule has 0 bridgehead atoms. The van der Waals surface area contributed by atoms with E-state index in [-0.39, 0.29) is 5.97 Å². The highest BCUT2D eigenvalue weighted by Crippen LogP contribution is 2.44. The molecule has 0 amide bonds. The van der Waals surface area contributed by atoms with Gasteiger partial charge in [0, 0.05) is 12.0 Å². The maximum Gasteiger partial charge on any atom is 0.339 e. The summed E-state index contributed by atoms with van der Waals surface area (Å²) in [4.78, 5) is 12.3. The monoisotopic (exact) mass is 333 g/mol. The van der Waals surface area contributed by atoms with E-state index in [2.05, 4.69) is 50.2 Å². The number of cyclic esters (lactones) is 1. The van der Waals surface area contributed by atoms with Crippen molar-refractivity contribution in [3.63, 3.8) is 0 Å². The number of aryl methyl sites for hydroxylation is 1. The van der Waals surface area contributed by atoms with Crippen LogP contribution in [0.5, 0.6) is 0 Å². The van der Waals surface area contributed by atoms with E-state index >= 15 is 0 Å². The third-order valence-electron chi connectivity index (χ3n) is 5.06. The number of fused-ring (bicyclic) bond motifs is 1. The lowest BCUT2D eigenvalue weighted by Gasteiger charge is -2.27. The maximum atomic E-state index is 12.3. The number of esters is 1. The van der Waals surface area contributed by atoms with Gasteiger partial charge in [0.05, 0.1) is 11.6 Å². The first kappa shape index (κ1) is 17.2. The second-order valence-corrected chi connectivity index (χ2v) is 6.60. The van der Waals surface area contributed by atoms with Crippen LogP contribution in [0.15, 0.2) is 42.5 Å². The molecule has 25 heavy (non-hydrogen) atoms. The SMILES string of the molecule is CCCC1(CC)OC(=O)c2ccc(-c3ccc(CCC#N)cc3)cc21. The van der Waals surface area contributed by atoms with Gasteiger partial charge in [0.25, 0.3) is 0 Å². The molecule has 1 unspecified atom stereocenters. The van der Waals surface area contributed by atoms with E-state index in [1.165, 1.54) is 5.56 Å². The van der Waals surface area contributed by atoms with Gasteiger partial charge >= 0.3 is 5.97 Å². The number of nitriles is 1. The third kappa shape index (κ3) is 3.17. The zero-order valence-corrected chi connectivity index (χ0v) is 14.8. The number of ether oxygens (including phenoxy) is 1. The summed E-state index contributed by atoms with van der Waals surface area (Å²) in [5.41, 5.74) is 4.61. The number of nitrogens with zero attached hydrogens (tertiary/aromatic N) is 1. The van der Waals surface area contributed by atoms with Gasteiger partial charge in [-0.1, -0.05) is 50.6 Å². The summed E-state index contributed by atoms with van der Waals surface area (Å²) in [7, 11) is 0. The molecule has 0 aliphatic carbocycles. The van der Waals surface area contributed by atoms with Crippen LogP contribution in [0.25, 0.3) is 11.1 Å². The van der Waals surface area contributed by atoms with Crippen LogP contribution in [0.1, 0.15) is 61.0 Å². The molecule has 3 nitrogen and oxygen atoms in total. The van der Waals surface area contributed by atoms with Crippen molar-refractivity contribution < 1.29 is 9.53 Å². The van der Waals surface area contributed by atoms with Crippen LogP contribution in [0.3, 0.4) is 0 Å². The minimum atomic E-state index is -0.482. The van der Waals surface area contributed by atoms with Gasteiger partial charge in [0.2, 0.25) is 0 Å². The average Bonchev–Trinajstić information content (AvgIpc) is 2.93. The van der Waals surface area contributed by atoms with Crippen molar-refractivity contribution in [1.82, 2.24) is 0 Å². The molecule has 0 spiro atoms. The molecule has 1 heterocycles. The van der Waals surface area contributed by atoms with Crippen molar-refractivity contribution >= 4 is 5.97 Å². The van der Waals surface area contributed by atoms with E-state index in [1.54, 1.807) is 0 Å². The zero-order valence-electron chi connectivity index (χ0n) is 14.8. The van der Waals surface area contributed by atoms with Crippen LogP contribution < -0.4 is 0 Å². The minimum Gasteiger partial charge on any atom is -0.451 e. The highest BCUT2D eigenvalue weighted by atomic mass is 16.6. The summed E-state index contributed by atoms with van der Waals surface area (Å²) < 4.78 is 5.79. The molecular formula is C22H23NO2. The van der Waals surface area contributed by atoms with Crippen LogP contribution in [-0.4, -0.2) is 5.97 Å². The Labute approximate surface area is 149 Å². The van der Waals surface area contributed by atoms with E-state index in [0.717, 1.165) is 42.4 Å². The largest absolute Gasteiger partial charge is 0.451 e. The fourth-order valence-corrected chi connectivity index (χ4v) is 3.66. The molecule has 0 fully saturated rings. The van der Waals surface area contributed by atoms with E-state index in [0.29, 0.717) is 12.0 Å². The third-order valence-corrected chi connectivity index (χ3v) is 5.06. The molecule has 1 aliphatic heterocycles. The van der Waals surface area contributed by atoms with Gasteiger partial charge < -0.3 is 4.74 Å². The van der Waals surface area contributed by atoms with Gasteiger partial charge in [0.1, 0.15) is 5.60 Å². The molecule has 3 rings (SSSR count). The molecule has 2 aromatic rings. The number of carbonyl (C=O) groups excluding carboxylic acids is 1. The Bertz CT molecular complexity index is 817. The smallest absolute Gasteiger partial charge is 0.339 e. The van der Waals surface area contributed by atoms with Crippen LogP contribution in [0.2, 0.25) is 0 Å². The van der Waals surface area contributed by atoms with Gasteiger partial charge in [-0.25, -0.2) is 4.79 Å². The maximum absolute atomic E-state index is 12.3.